The van der Waals surface area contributed by atoms with Crippen LogP contribution in [0.1, 0.15) is 37.2 Å². The van der Waals surface area contributed by atoms with Crippen molar-refractivity contribution in [2.75, 3.05) is 7.11 Å². The molecular formula is C12H19N5O. The van der Waals surface area contributed by atoms with Crippen LogP contribution >= 0.6 is 0 Å². The van der Waals surface area contributed by atoms with Crippen LogP contribution in [-0.2, 0) is 7.05 Å². The monoisotopic (exact) mass is 249 g/mol. The molecule has 2 heterocycles. The molecule has 0 aliphatic heterocycles. The fourth-order valence-corrected chi connectivity index (χ4v) is 1.98. The first kappa shape index (κ1) is 12.6. The van der Waals surface area contributed by atoms with Crippen LogP contribution in [-0.4, -0.2) is 26.7 Å². The van der Waals surface area contributed by atoms with E-state index < -0.39 is 0 Å². The molecule has 2 aromatic rings. The topological polar surface area (TPSA) is 70.9 Å². The summed E-state index contributed by atoms with van der Waals surface area (Å²) in [4.78, 5) is 0. The smallest absolute Gasteiger partial charge is 0.161 e. The van der Waals surface area contributed by atoms with Crippen molar-refractivity contribution >= 4 is 0 Å². The summed E-state index contributed by atoms with van der Waals surface area (Å²) in [6.45, 7) is 4.12. The molecule has 2 rings (SSSR count). The predicted octanol–water partition coefficient (Wildman–Crippen LogP) is 1.25. The summed E-state index contributed by atoms with van der Waals surface area (Å²) in [7, 11) is 3.49. The van der Waals surface area contributed by atoms with E-state index in [-0.39, 0.29) is 12.1 Å². The summed E-state index contributed by atoms with van der Waals surface area (Å²) < 4.78 is 8.95. The summed E-state index contributed by atoms with van der Waals surface area (Å²) in [5, 5.41) is 8.47. The predicted molar refractivity (Wildman–Crippen MR) is 68.4 cm³/mol. The molecule has 0 amide bonds. The molecule has 0 saturated heterocycles. The number of hydrogen-bond donors (Lipinski definition) is 1. The van der Waals surface area contributed by atoms with Gasteiger partial charge in [0.1, 0.15) is 5.69 Å². The SMILES string of the molecule is COc1cnn(C(C)C)c1C(N)c1cnn(C)c1. The second kappa shape index (κ2) is 4.81. The first-order valence-corrected chi connectivity index (χ1v) is 5.90. The van der Waals surface area contributed by atoms with Gasteiger partial charge in [0.25, 0.3) is 0 Å². The van der Waals surface area contributed by atoms with E-state index in [0.717, 1.165) is 11.3 Å². The number of ether oxygens (including phenoxy) is 1. The molecule has 0 radical (unpaired) electrons. The minimum atomic E-state index is -0.293. The van der Waals surface area contributed by atoms with Crippen LogP contribution in [0.4, 0.5) is 0 Å². The number of hydrogen-bond acceptors (Lipinski definition) is 4. The Morgan fingerprint density at radius 3 is 2.50 bits per heavy atom. The number of aromatic nitrogens is 4. The summed E-state index contributed by atoms with van der Waals surface area (Å²) in [5.74, 6) is 0.708. The van der Waals surface area contributed by atoms with Crippen molar-refractivity contribution in [3.8, 4) is 5.75 Å². The van der Waals surface area contributed by atoms with E-state index in [0.29, 0.717) is 5.75 Å². The minimum absolute atomic E-state index is 0.228. The number of methoxy groups -OCH3 is 1. The van der Waals surface area contributed by atoms with Gasteiger partial charge in [0.15, 0.2) is 5.75 Å². The second-order valence-electron chi connectivity index (χ2n) is 4.56. The highest BCUT2D eigenvalue weighted by Gasteiger charge is 2.22. The van der Waals surface area contributed by atoms with Gasteiger partial charge in [-0.15, -0.1) is 0 Å². The van der Waals surface area contributed by atoms with E-state index in [9.17, 15) is 0 Å². The van der Waals surface area contributed by atoms with E-state index in [1.807, 2.05) is 17.9 Å². The Balaban J connectivity index is 2.45. The second-order valence-corrected chi connectivity index (χ2v) is 4.56. The van der Waals surface area contributed by atoms with Crippen molar-refractivity contribution in [2.45, 2.75) is 25.9 Å². The van der Waals surface area contributed by atoms with Crippen LogP contribution in [0.3, 0.4) is 0 Å². The van der Waals surface area contributed by atoms with Gasteiger partial charge in [0.05, 0.1) is 25.5 Å². The summed E-state index contributed by atoms with van der Waals surface area (Å²) in [6.07, 6.45) is 5.37. The Hall–Kier alpha value is -1.82. The lowest BCUT2D eigenvalue weighted by molar-refractivity contribution is 0.401. The first-order chi connectivity index (χ1) is 8.54. The average Bonchev–Trinajstić information content (AvgIpc) is 2.93. The Kier molecular flexibility index (Phi) is 3.38. The number of nitrogens with two attached hydrogens (primary N) is 1. The zero-order chi connectivity index (χ0) is 13.3. The third-order valence-electron chi connectivity index (χ3n) is 2.89. The van der Waals surface area contributed by atoms with Gasteiger partial charge in [0, 0.05) is 24.8 Å². The van der Waals surface area contributed by atoms with E-state index >= 15 is 0 Å². The lowest BCUT2D eigenvalue weighted by Gasteiger charge is -2.16. The van der Waals surface area contributed by atoms with Crippen LogP contribution < -0.4 is 10.5 Å². The van der Waals surface area contributed by atoms with Gasteiger partial charge in [-0.25, -0.2) is 0 Å². The Morgan fingerprint density at radius 2 is 2.00 bits per heavy atom. The fourth-order valence-electron chi connectivity index (χ4n) is 1.98. The molecule has 2 aromatic heterocycles. The molecule has 2 N–H and O–H groups in total. The minimum Gasteiger partial charge on any atom is -0.493 e. The van der Waals surface area contributed by atoms with Gasteiger partial charge >= 0.3 is 0 Å². The molecule has 1 atom stereocenters. The van der Waals surface area contributed by atoms with Gasteiger partial charge in [-0.3, -0.25) is 9.36 Å². The highest BCUT2D eigenvalue weighted by molar-refractivity contribution is 5.34. The van der Waals surface area contributed by atoms with E-state index in [1.54, 1.807) is 24.2 Å². The molecule has 0 fully saturated rings. The van der Waals surface area contributed by atoms with E-state index in [4.69, 9.17) is 10.5 Å². The van der Waals surface area contributed by atoms with Crippen molar-refractivity contribution in [2.24, 2.45) is 12.8 Å². The maximum atomic E-state index is 6.29. The third kappa shape index (κ3) is 2.11. The van der Waals surface area contributed by atoms with Gasteiger partial charge in [0.2, 0.25) is 0 Å². The maximum absolute atomic E-state index is 6.29. The molecule has 1 unspecified atom stereocenters. The summed E-state index contributed by atoms with van der Waals surface area (Å²) in [6, 6.07) is -0.0647. The molecule has 0 aliphatic carbocycles. The van der Waals surface area contributed by atoms with Crippen molar-refractivity contribution in [3.05, 3.63) is 29.8 Å². The van der Waals surface area contributed by atoms with Gasteiger partial charge in [-0.1, -0.05) is 0 Å². The molecule has 98 valence electrons. The van der Waals surface area contributed by atoms with Crippen molar-refractivity contribution in [1.29, 1.82) is 0 Å². The Labute approximate surface area is 106 Å². The molecule has 0 saturated carbocycles. The van der Waals surface area contributed by atoms with Crippen LogP contribution in [0.5, 0.6) is 5.75 Å². The van der Waals surface area contributed by atoms with Crippen molar-refractivity contribution in [3.63, 3.8) is 0 Å². The number of nitrogens with zero attached hydrogens (tertiary/aromatic N) is 4. The molecule has 6 nitrogen and oxygen atoms in total. The lowest BCUT2D eigenvalue weighted by Crippen LogP contribution is -2.19. The summed E-state index contributed by atoms with van der Waals surface area (Å²) >= 11 is 0. The first-order valence-electron chi connectivity index (χ1n) is 5.90. The number of aryl methyl sites for hydroxylation is 1. The molecule has 0 spiro atoms. The Bertz CT molecular complexity index is 528. The van der Waals surface area contributed by atoms with Gasteiger partial charge < -0.3 is 10.5 Å². The molecule has 0 aromatic carbocycles. The zero-order valence-corrected chi connectivity index (χ0v) is 11.2. The van der Waals surface area contributed by atoms with Crippen LogP contribution in [0.25, 0.3) is 0 Å². The molecule has 6 heteroatoms. The highest BCUT2D eigenvalue weighted by atomic mass is 16.5. The van der Waals surface area contributed by atoms with Crippen molar-refractivity contribution < 1.29 is 4.74 Å². The lowest BCUT2D eigenvalue weighted by atomic mass is 10.1. The van der Waals surface area contributed by atoms with E-state index in [1.165, 1.54) is 0 Å². The van der Waals surface area contributed by atoms with Crippen LogP contribution in [0.2, 0.25) is 0 Å². The standard InChI is InChI=1S/C12H19N5O/c1-8(2)17-12(10(18-4)6-15-17)11(13)9-5-14-16(3)7-9/h5-8,11H,13H2,1-4H3. The molecular weight excluding hydrogens is 230 g/mol. The Morgan fingerprint density at radius 1 is 1.28 bits per heavy atom. The largest absolute Gasteiger partial charge is 0.493 e. The molecule has 0 aliphatic rings. The third-order valence-corrected chi connectivity index (χ3v) is 2.89. The van der Waals surface area contributed by atoms with Crippen LogP contribution in [0, 0.1) is 0 Å². The van der Waals surface area contributed by atoms with Crippen LogP contribution in [0.15, 0.2) is 18.6 Å². The zero-order valence-electron chi connectivity index (χ0n) is 11.2. The van der Waals surface area contributed by atoms with Crippen molar-refractivity contribution in [1.82, 2.24) is 19.6 Å². The normalized spacial score (nSPS) is 13.0. The van der Waals surface area contributed by atoms with Gasteiger partial charge in [-0.05, 0) is 13.8 Å². The quantitative estimate of drug-likeness (QED) is 0.885. The fraction of sp³-hybridized carbons (Fsp3) is 0.500. The van der Waals surface area contributed by atoms with E-state index in [2.05, 4.69) is 24.0 Å². The average molecular weight is 249 g/mol. The number of rotatable bonds is 4. The molecule has 18 heavy (non-hydrogen) atoms. The maximum Gasteiger partial charge on any atom is 0.161 e. The van der Waals surface area contributed by atoms with Gasteiger partial charge in [-0.2, -0.15) is 10.2 Å². The molecule has 0 bridgehead atoms. The highest BCUT2D eigenvalue weighted by Crippen LogP contribution is 2.29. The summed E-state index contributed by atoms with van der Waals surface area (Å²) in [5.41, 5.74) is 8.11.